The van der Waals surface area contributed by atoms with E-state index in [1.807, 2.05) is 11.6 Å². The molecule has 0 atom stereocenters. The van der Waals surface area contributed by atoms with Crippen LogP contribution in [0.25, 0.3) is 0 Å². The maximum Gasteiger partial charge on any atom is 0.419 e. The Balaban J connectivity index is 2.37. The van der Waals surface area contributed by atoms with Gasteiger partial charge in [-0.05, 0) is 43.7 Å². The number of nitrogens with zero attached hydrogens (tertiary/aromatic N) is 4. The van der Waals surface area contributed by atoms with Crippen LogP contribution in [0.4, 0.5) is 18.9 Å². The molecule has 0 aliphatic heterocycles. The lowest BCUT2D eigenvalue weighted by atomic mass is 10.2. The number of rotatable bonds is 9. The SMILES string of the molecule is C=C(C=C(C)N=CCCC)N=C(N)c1cc(S(=O)(=O)Nc2cnc(C#N)c(C(F)(F)F)c2)ccc1O. The summed E-state index contributed by atoms with van der Waals surface area (Å²) in [5.41, 5.74) is 3.77. The smallest absolute Gasteiger partial charge is 0.419 e. The van der Waals surface area contributed by atoms with Crippen molar-refractivity contribution in [2.75, 3.05) is 4.72 Å². The minimum absolute atomic E-state index is 0.145. The van der Waals surface area contributed by atoms with Gasteiger partial charge in [-0.15, -0.1) is 0 Å². The number of aromatic hydroxyl groups is 1. The van der Waals surface area contributed by atoms with E-state index >= 15 is 0 Å². The molecule has 0 saturated heterocycles. The molecular weight excluding hydrogens is 497 g/mol. The van der Waals surface area contributed by atoms with Gasteiger partial charge in [0, 0.05) is 11.9 Å². The molecule has 4 N–H and O–H groups in total. The number of unbranched alkanes of at least 4 members (excludes halogenated alkanes) is 1. The van der Waals surface area contributed by atoms with Crippen LogP contribution >= 0.6 is 0 Å². The summed E-state index contributed by atoms with van der Waals surface area (Å²) in [7, 11) is -4.44. The fourth-order valence-electron chi connectivity index (χ4n) is 2.79. The molecule has 13 heteroatoms. The molecule has 0 bridgehead atoms. The molecule has 190 valence electrons. The number of anilines is 1. The third-order valence-electron chi connectivity index (χ3n) is 4.46. The summed E-state index contributed by atoms with van der Waals surface area (Å²) in [6.07, 6.45) is 0.856. The molecule has 0 aliphatic rings. The molecule has 1 aromatic heterocycles. The van der Waals surface area contributed by atoms with E-state index in [2.05, 4.69) is 21.5 Å². The Morgan fingerprint density at radius 1 is 1.36 bits per heavy atom. The van der Waals surface area contributed by atoms with Gasteiger partial charge in [0.25, 0.3) is 10.0 Å². The highest BCUT2D eigenvalue weighted by Crippen LogP contribution is 2.33. The van der Waals surface area contributed by atoms with Crippen molar-refractivity contribution in [1.29, 1.82) is 5.26 Å². The number of halogens is 3. The largest absolute Gasteiger partial charge is 0.507 e. The number of aromatic nitrogens is 1. The number of nitriles is 1. The van der Waals surface area contributed by atoms with Crippen molar-refractivity contribution in [1.82, 2.24) is 4.98 Å². The lowest BCUT2D eigenvalue weighted by molar-refractivity contribution is -0.138. The number of alkyl halides is 3. The van der Waals surface area contributed by atoms with Gasteiger partial charge in [0.05, 0.1) is 33.6 Å². The van der Waals surface area contributed by atoms with Crippen molar-refractivity contribution in [3.8, 4) is 11.8 Å². The summed E-state index contributed by atoms with van der Waals surface area (Å²) in [6.45, 7) is 7.47. The van der Waals surface area contributed by atoms with E-state index in [1.54, 1.807) is 13.1 Å². The zero-order valence-corrected chi connectivity index (χ0v) is 20.2. The molecule has 0 fully saturated rings. The van der Waals surface area contributed by atoms with Crippen LogP contribution in [0.3, 0.4) is 0 Å². The summed E-state index contributed by atoms with van der Waals surface area (Å²) >= 11 is 0. The van der Waals surface area contributed by atoms with Gasteiger partial charge in [-0.25, -0.2) is 18.4 Å². The van der Waals surface area contributed by atoms with Gasteiger partial charge in [-0.3, -0.25) is 9.71 Å². The van der Waals surface area contributed by atoms with Gasteiger partial charge in [0.2, 0.25) is 0 Å². The Labute approximate surface area is 206 Å². The van der Waals surface area contributed by atoms with Gasteiger partial charge in [-0.2, -0.15) is 18.4 Å². The highest BCUT2D eigenvalue weighted by atomic mass is 32.2. The Kier molecular flexibility index (Phi) is 8.96. The molecule has 2 rings (SSSR count). The number of aliphatic imine (C=N–C) groups is 2. The van der Waals surface area contributed by atoms with Crippen molar-refractivity contribution >= 4 is 27.8 Å². The number of phenolic OH excluding ortho intramolecular Hbond substituents is 1. The Hall–Kier alpha value is -4.18. The van der Waals surface area contributed by atoms with E-state index in [0.29, 0.717) is 11.8 Å². The standard InChI is InChI=1S/C23H23F3N6O3S/c1-4-5-8-29-14(2)9-15(3)31-22(28)18-11-17(6-7-21(18)33)36(34,35)32-16-10-19(23(24,25)26)20(12-27)30-13-16/h6-11,13,32-33H,3-5H2,1-2H3,(H2,28,31). The first-order valence-corrected chi connectivity index (χ1v) is 11.8. The normalized spacial score (nSPS) is 13.0. The molecule has 0 aliphatic carbocycles. The van der Waals surface area contributed by atoms with Gasteiger partial charge in [0.1, 0.15) is 17.7 Å². The fourth-order valence-corrected chi connectivity index (χ4v) is 3.85. The number of amidine groups is 1. The predicted octanol–water partition coefficient (Wildman–Crippen LogP) is 4.47. The predicted molar refractivity (Wildman–Crippen MR) is 130 cm³/mol. The molecular formula is C23H23F3N6O3S. The zero-order valence-electron chi connectivity index (χ0n) is 19.3. The summed E-state index contributed by atoms with van der Waals surface area (Å²) in [4.78, 5) is 11.2. The van der Waals surface area contributed by atoms with Crippen molar-refractivity contribution in [2.24, 2.45) is 15.7 Å². The average molecular weight is 521 g/mol. The molecule has 9 nitrogen and oxygen atoms in total. The van der Waals surface area contributed by atoms with Crippen LogP contribution in [-0.4, -0.2) is 30.6 Å². The summed E-state index contributed by atoms with van der Waals surface area (Å²) < 4.78 is 67.1. The zero-order chi connectivity index (χ0) is 27.1. The number of nitrogens with two attached hydrogens (primary N) is 1. The quantitative estimate of drug-likeness (QED) is 0.252. The summed E-state index contributed by atoms with van der Waals surface area (Å²) in [6, 6.07) is 4.84. The second-order valence-corrected chi connectivity index (χ2v) is 9.07. The molecule has 36 heavy (non-hydrogen) atoms. The molecule has 0 saturated carbocycles. The van der Waals surface area contributed by atoms with Crippen molar-refractivity contribution in [3.05, 3.63) is 71.3 Å². The molecule has 0 radical (unpaired) electrons. The van der Waals surface area contributed by atoms with Gasteiger partial charge in [0.15, 0.2) is 5.69 Å². The Bertz CT molecular complexity index is 1390. The van der Waals surface area contributed by atoms with E-state index in [1.165, 1.54) is 12.1 Å². The van der Waals surface area contributed by atoms with Crippen molar-refractivity contribution in [2.45, 2.75) is 37.8 Å². The average Bonchev–Trinajstić information content (AvgIpc) is 2.78. The van der Waals surface area contributed by atoms with Gasteiger partial charge < -0.3 is 10.8 Å². The van der Waals surface area contributed by atoms with Crippen molar-refractivity contribution in [3.63, 3.8) is 0 Å². The molecule has 0 spiro atoms. The number of allylic oxidation sites excluding steroid dienone is 2. The van der Waals surface area contributed by atoms with Crippen LogP contribution < -0.4 is 10.5 Å². The lowest BCUT2D eigenvalue weighted by Crippen LogP contribution is -2.18. The second kappa shape index (κ2) is 11.5. The van der Waals surface area contributed by atoms with E-state index in [-0.39, 0.29) is 22.8 Å². The van der Waals surface area contributed by atoms with E-state index in [4.69, 9.17) is 11.0 Å². The Morgan fingerprint density at radius 2 is 2.06 bits per heavy atom. The second-order valence-electron chi connectivity index (χ2n) is 7.39. The first-order chi connectivity index (χ1) is 16.8. The van der Waals surface area contributed by atoms with Crippen LogP contribution in [0.5, 0.6) is 5.75 Å². The van der Waals surface area contributed by atoms with Crippen LogP contribution in [0.2, 0.25) is 0 Å². The lowest BCUT2D eigenvalue weighted by Gasteiger charge is -2.13. The van der Waals surface area contributed by atoms with Crippen molar-refractivity contribution < 1.29 is 26.7 Å². The molecule has 2 aromatic rings. The minimum atomic E-state index is -4.92. The van der Waals surface area contributed by atoms with Crippen LogP contribution in [0.1, 0.15) is 43.5 Å². The van der Waals surface area contributed by atoms with Crippen LogP contribution in [0, 0.1) is 11.3 Å². The number of sulfonamides is 1. The van der Waals surface area contributed by atoms with Gasteiger partial charge in [-0.1, -0.05) is 19.9 Å². The molecule has 0 unspecified atom stereocenters. The number of hydrogen-bond acceptors (Lipinski definition) is 7. The number of hydrogen-bond donors (Lipinski definition) is 3. The number of phenols is 1. The minimum Gasteiger partial charge on any atom is -0.507 e. The fraction of sp³-hybridized carbons (Fsp3) is 0.217. The van der Waals surface area contributed by atoms with Gasteiger partial charge >= 0.3 is 6.18 Å². The number of nitrogens with one attached hydrogen (secondary N) is 1. The Morgan fingerprint density at radius 3 is 2.67 bits per heavy atom. The van der Waals surface area contributed by atoms with Crippen LogP contribution in [0.15, 0.2) is 69.4 Å². The van der Waals surface area contributed by atoms with E-state index in [9.17, 15) is 26.7 Å². The highest BCUT2D eigenvalue weighted by molar-refractivity contribution is 7.92. The molecule has 1 heterocycles. The van der Waals surface area contributed by atoms with E-state index in [0.717, 1.165) is 37.2 Å². The molecule has 0 amide bonds. The first-order valence-electron chi connectivity index (χ1n) is 10.4. The maximum atomic E-state index is 13.2. The number of benzene rings is 1. The van der Waals surface area contributed by atoms with E-state index < -0.39 is 38.0 Å². The summed E-state index contributed by atoms with van der Waals surface area (Å²) in [5.74, 6) is -0.639. The third kappa shape index (κ3) is 7.41. The topological polar surface area (TPSA) is 154 Å². The third-order valence-corrected chi connectivity index (χ3v) is 5.84. The summed E-state index contributed by atoms with van der Waals surface area (Å²) in [5, 5.41) is 19.0. The number of pyridine rings is 1. The monoisotopic (exact) mass is 520 g/mol. The first kappa shape index (κ1) is 28.1. The van der Waals surface area contributed by atoms with Crippen LogP contribution in [-0.2, 0) is 16.2 Å². The highest BCUT2D eigenvalue weighted by Gasteiger charge is 2.35. The maximum absolute atomic E-state index is 13.2. The molecule has 1 aromatic carbocycles.